The van der Waals surface area contributed by atoms with Gasteiger partial charge in [-0.2, -0.15) is 0 Å². The zero-order chi connectivity index (χ0) is 17.9. The summed E-state index contributed by atoms with van der Waals surface area (Å²) in [6, 6.07) is 17.9. The molecule has 1 aromatic heterocycles. The van der Waals surface area contributed by atoms with Gasteiger partial charge in [0.05, 0.1) is 23.5 Å². The van der Waals surface area contributed by atoms with Crippen LogP contribution in [-0.2, 0) is 6.54 Å². The lowest BCUT2D eigenvalue weighted by Gasteiger charge is -2.33. The molecule has 0 aliphatic carbocycles. The van der Waals surface area contributed by atoms with Gasteiger partial charge < -0.3 is 5.32 Å². The van der Waals surface area contributed by atoms with E-state index in [-0.39, 0.29) is 11.6 Å². The van der Waals surface area contributed by atoms with Gasteiger partial charge in [-0.05, 0) is 24.6 Å². The second-order valence-corrected chi connectivity index (χ2v) is 6.83. The second-order valence-electron chi connectivity index (χ2n) is 6.83. The lowest BCUT2D eigenvalue weighted by molar-refractivity contribution is 0.175. The average molecular weight is 348 g/mol. The Balaban J connectivity index is 1.83. The van der Waals surface area contributed by atoms with Gasteiger partial charge in [0.2, 0.25) is 0 Å². The van der Waals surface area contributed by atoms with Crippen LogP contribution >= 0.6 is 0 Å². The molecule has 1 aliphatic heterocycles. The van der Waals surface area contributed by atoms with Crippen LogP contribution in [0.2, 0.25) is 0 Å². The molecule has 0 spiro atoms. The summed E-state index contributed by atoms with van der Waals surface area (Å²) >= 11 is 0. The minimum absolute atomic E-state index is 0.0384. The molecule has 0 amide bonds. The van der Waals surface area contributed by atoms with Crippen molar-refractivity contribution in [2.24, 2.45) is 0 Å². The van der Waals surface area contributed by atoms with Gasteiger partial charge in [-0.1, -0.05) is 42.5 Å². The Bertz CT molecular complexity index is 945. The van der Waals surface area contributed by atoms with Gasteiger partial charge in [0, 0.05) is 26.2 Å². The Morgan fingerprint density at radius 1 is 1.04 bits per heavy atom. The van der Waals surface area contributed by atoms with E-state index in [1.807, 2.05) is 47.0 Å². The van der Waals surface area contributed by atoms with Gasteiger partial charge in [0.1, 0.15) is 5.82 Å². The van der Waals surface area contributed by atoms with E-state index >= 15 is 0 Å². The third-order valence-corrected chi connectivity index (χ3v) is 5.15. The van der Waals surface area contributed by atoms with E-state index in [1.165, 1.54) is 0 Å². The highest BCUT2D eigenvalue weighted by Crippen LogP contribution is 2.21. The van der Waals surface area contributed by atoms with E-state index in [1.54, 1.807) is 0 Å². The Morgan fingerprint density at radius 2 is 1.73 bits per heavy atom. The van der Waals surface area contributed by atoms with E-state index in [2.05, 4.69) is 29.3 Å². The van der Waals surface area contributed by atoms with Crippen molar-refractivity contribution >= 4 is 10.9 Å². The van der Waals surface area contributed by atoms with Gasteiger partial charge in [-0.3, -0.25) is 14.3 Å². The molecular weight excluding hydrogens is 324 g/mol. The topological polar surface area (TPSA) is 50.2 Å². The van der Waals surface area contributed by atoms with Crippen LogP contribution in [0, 0.1) is 0 Å². The predicted molar refractivity (Wildman–Crippen MR) is 104 cm³/mol. The molecule has 1 N–H and O–H groups in total. The number of nitrogens with zero attached hydrogens (tertiary/aromatic N) is 3. The Morgan fingerprint density at radius 3 is 2.50 bits per heavy atom. The normalized spacial score (nSPS) is 16.7. The largest absolute Gasteiger partial charge is 0.314 e. The maximum absolute atomic E-state index is 13.2. The molecule has 4 rings (SSSR count). The molecule has 26 heavy (non-hydrogen) atoms. The number of hydrogen-bond acceptors (Lipinski definition) is 4. The van der Waals surface area contributed by atoms with Crippen LogP contribution in [0.25, 0.3) is 10.9 Å². The van der Waals surface area contributed by atoms with Gasteiger partial charge in [-0.15, -0.1) is 0 Å². The fraction of sp³-hybridized carbons (Fsp3) is 0.333. The molecule has 1 fully saturated rings. The highest BCUT2D eigenvalue weighted by atomic mass is 16.1. The Hall–Kier alpha value is -2.50. The third kappa shape index (κ3) is 3.28. The highest BCUT2D eigenvalue weighted by Gasteiger charge is 2.23. The number of fused-ring (bicyclic) bond motifs is 1. The van der Waals surface area contributed by atoms with Crippen molar-refractivity contribution in [3.05, 3.63) is 76.3 Å². The Labute approximate surface area is 153 Å². The quantitative estimate of drug-likeness (QED) is 0.787. The van der Waals surface area contributed by atoms with Gasteiger partial charge in [0.25, 0.3) is 5.56 Å². The van der Waals surface area contributed by atoms with Crippen molar-refractivity contribution in [3.8, 4) is 0 Å². The van der Waals surface area contributed by atoms with Crippen molar-refractivity contribution in [1.29, 1.82) is 0 Å². The number of benzene rings is 2. The number of piperazine rings is 1. The maximum atomic E-state index is 13.2. The lowest BCUT2D eigenvalue weighted by atomic mass is 10.1. The summed E-state index contributed by atoms with van der Waals surface area (Å²) in [5.41, 5.74) is 1.93. The minimum Gasteiger partial charge on any atom is -0.314 e. The van der Waals surface area contributed by atoms with Crippen LogP contribution in [0.5, 0.6) is 0 Å². The average Bonchev–Trinajstić information content (AvgIpc) is 2.71. The molecular formula is C21H24N4O. The Kier molecular flexibility index (Phi) is 4.82. The molecule has 5 nitrogen and oxygen atoms in total. The zero-order valence-corrected chi connectivity index (χ0v) is 15.1. The first-order valence-corrected chi connectivity index (χ1v) is 9.22. The van der Waals surface area contributed by atoms with Crippen LogP contribution in [0.3, 0.4) is 0 Å². The molecule has 5 heteroatoms. The molecule has 3 aromatic rings. The molecule has 0 saturated carbocycles. The highest BCUT2D eigenvalue weighted by molar-refractivity contribution is 5.77. The van der Waals surface area contributed by atoms with Crippen molar-refractivity contribution in [2.45, 2.75) is 19.5 Å². The van der Waals surface area contributed by atoms with Crippen molar-refractivity contribution in [1.82, 2.24) is 19.8 Å². The SMILES string of the molecule is C[C@H](c1nc2ccccc2c(=O)n1Cc1ccccc1)N1CCNCC1. The molecule has 0 bridgehead atoms. The fourth-order valence-electron chi connectivity index (χ4n) is 3.66. The molecule has 1 atom stereocenters. The van der Waals surface area contributed by atoms with Crippen molar-refractivity contribution in [3.63, 3.8) is 0 Å². The predicted octanol–water partition coefficient (Wildman–Crippen LogP) is 2.41. The van der Waals surface area contributed by atoms with Gasteiger partial charge in [-0.25, -0.2) is 4.98 Å². The first-order chi connectivity index (χ1) is 12.7. The number of hydrogen-bond donors (Lipinski definition) is 1. The van der Waals surface area contributed by atoms with Crippen LogP contribution in [0.4, 0.5) is 0 Å². The third-order valence-electron chi connectivity index (χ3n) is 5.15. The summed E-state index contributed by atoms with van der Waals surface area (Å²) in [7, 11) is 0. The second kappa shape index (κ2) is 7.40. The van der Waals surface area contributed by atoms with Gasteiger partial charge in [0.15, 0.2) is 0 Å². The molecule has 0 radical (unpaired) electrons. The minimum atomic E-state index is 0.0384. The van der Waals surface area contributed by atoms with E-state index in [0.29, 0.717) is 11.9 Å². The first kappa shape index (κ1) is 16.9. The standard InChI is InChI=1S/C21H24N4O/c1-16(24-13-11-22-12-14-24)20-23-19-10-6-5-9-18(19)21(26)25(20)15-17-7-3-2-4-8-17/h2-10,16,22H,11-15H2,1H3/t16-/m1/s1. The lowest BCUT2D eigenvalue weighted by Crippen LogP contribution is -2.45. The monoisotopic (exact) mass is 348 g/mol. The van der Waals surface area contributed by atoms with Crippen LogP contribution in [0.15, 0.2) is 59.4 Å². The molecule has 2 aromatic carbocycles. The van der Waals surface area contributed by atoms with Crippen molar-refractivity contribution < 1.29 is 0 Å². The van der Waals surface area contributed by atoms with E-state index < -0.39 is 0 Å². The number of nitrogens with one attached hydrogen (secondary N) is 1. The summed E-state index contributed by atoms with van der Waals surface area (Å²) in [6.45, 7) is 6.58. The summed E-state index contributed by atoms with van der Waals surface area (Å²) in [6.07, 6.45) is 0. The molecule has 2 heterocycles. The zero-order valence-electron chi connectivity index (χ0n) is 15.1. The number of aromatic nitrogens is 2. The fourth-order valence-corrected chi connectivity index (χ4v) is 3.66. The molecule has 1 saturated heterocycles. The summed E-state index contributed by atoms with van der Waals surface area (Å²) in [5.74, 6) is 0.847. The maximum Gasteiger partial charge on any atom is 0.261 e. The van der Waals surface area contributed by atoms with E-state index in [4.69, 9.17) is 4.98 Å². The summed E-state index contributed by atoms with van der Waals surface area (Å²) in [4.78, 5) is 20.5. The van der Waals surface area contributed by atoms with Gasteiger partial charge >= 0.3 is 0 Å². The summed E-state index contributed by atoms with van der Waals surface area (Å²) < 4.78 is 1.85. The molecule has 0 unspecified atom stereocenters. The van der Waals surface area contributed by atoms with Crippen molar-refractivity contribution in [2.75, 3.05) is 26.2 Å². The molecule has 1 aliphatic rings. The van der Waals surface area contributed by atoms with E-state index in [9.17, 15) is 4.79 Å². The first-order valence-electron chi connectivity index (χ1n) is 9.22. The number of rotatable bonds is 4. The van der Waals surface area contributed by atoms with Crippen LogP contribution in [0.1, 0.15) is 24.4 Å². The van der Waals surface area contributed by atoms with E-state index in [0.717, 1.165) is 43.1 Å². The van der Waals surface area contributed by atoms with Crippen LogP contribution in [-0.4, -0.2) is 40.6 Å². The summed E-state index contributed by atoms with van der Waals surface area (Å²) in [5, 5.41) is 4.07. The van der Waals surface area contributed by atoms with Crippen LogP contribution < -0.4 is 10.9 Å². The molecule has 134 valence electrons. The number of para-hydroxylation sites is 1. The smallest absolute Gasteiger partial charge is 0.261 e.